The molecule has 0 aliphatic heterocycles. The maximum Gasteiger partial charge on any atom is 0.325 e. The fourth-order valence-electron chi connectivity index (χ4n) is 0.793. The van der Waals surface area contributed by atoms with Crippen LogP contribution >= 0.6 is 21.1 Å². The first-order chi connectivity index (χ1) is 6.65. The van der Waals surface area contributed by atoms with Gasteiger partial charge in [0.1, 0.15) is 13.2 Å². The zero-order chi connectivity index (χ0) is 11.0. The Morgan fingerprint density at radius 2 is 2.36 bits per heavy atom. The molecular weight excluding hydrogens is 227 g/mol. The van der Waals surface area contributed by atoms with Crippen LogP contribution in [-0.4, -0.2) is 30.7 Å². The standard InChI is InChI=1S/C7H14ClN2O3P/c1-12-10-5(4-8)2-3-6(9)7(11)13-14/h6H,2-4,9,14H2,1H3/t6-/m0/s1. The lowest BCUT2D eigenvalue weighted by Gasteiger charge is -2.08. The Hall–Kier alpha value is -0.380. The van der Waals surface area contributed by atoms with Gasteiger partial charge >= 0.3 is 5.97 Å². The van der Waals surface area contributed by atoms with Crippen molar-refractivity contribution in [3.05, 3.63) is 0 Å². The highest BCUT2D eigenvalue weighted by atomic mass is 35.5. The minimum absolute atomic E-state index is 0.260. The zero-order valence-electron chi connectivity index (χ0n) is 7.90. The number of hydrogen-bond donors (Lipinski definition) is 1. The molecule has 0 aromatic rings. The van der Waals surface area contributed by atoms with Crippen LogP contribution in [-0.2, 0) is 14.2 Å². The van der Waals surface area contributed by atoms with Crippen LogP contribution in [0.25, 0.3) is 0 Å². The van der Waals surface area contributed by atoms with Crippen molar-refractivity contribution in [3.8, 4) is 0 Å². The Balaban J connectivity index is 3.91. The van der Waals surface area contributed by atoms with Gasteiger partial charge in [-0.3, -0.25) is 4.79 Å². The molecule has 0 aromatic carbocycles. The Labute approximate surface area is 90.2 Å². The van der Waals surface area contributed by atoms with Crippen molar-refractivity contribution in [1.29, 1.82) is 0 Å². The van der Waals surface area contributed by atoms with Crippen molar-refractivity contribution < 1.29 is 14.2 Å². The van der Waals surface area contributed by atoms with Gasteiger partial charge in [-0.05, 0) is 12.8 Å². The van der Waals surface area contributed by atoms with Crippen LogP contribution in [0.4, 0.5) is 0 Å². The predicted molar refractivity (Wildman–Crippen MR) is 58.2 cm³/mol. The lowest BCUT2D eigenvalue weighted by molar-refractivity contribution is -0.134. The molecule has 0 amide bonds. The quantitative estimate of drug-likeness (QED) is 0.320. The predicted octanol–water partition coefficient (Wildman–Crippen LogP) is 0.668. The fraction of sp³-hybridized carbons (Fsp3) is 0.714. The summed E-state index contributed by atoms with van der Waals surface area (Å²) in [6.45, 7) is 0. The molecule has 0 radical (unpaired) electrons. The van der Waals surface area contributed by atoms with E-state index in [1.165, 1.54) is 7.11 Å². The number of halogens is 1. The average Bonchev–Trinajstić information content (AvgIpc) is 2.22. The summed E-state index contributed by atoms with van der Waals surface area (Å²) in [5, 5.41) is 3.67. The van der Waals surface area contributed by atoms with Gasteiger partial charge in [0.2, 0.25) is 0 Å². The number of hydrogen-bond acceptors (Lipinski definition) is 5. The number of carbonyl (C=O) groups is 1. The molecule has 14 heavy (non-hydrogen) atoms. The van der Waals surface area contributed by atoms with Crippen LogP contribution in [0.5, 0.6) is 0 Å². The van der Waals surface area contributed by atoms with Gasteiger partial charge in [-0.15, -0.1) is 11.6 Å². The first kappa shape index (κ1) is 13.6. The van der Waals surface area contributed by atoms with Crippen LogP contribution < -0.4 is 5.73 Å². The second kappa shape index (κ2) is 7.97. The SMILES string of the molecule is CON=C(CCl)CC[C@H](N)C(=O)OP. The van der Waals surface area contributed by atoms with Gasteiger partial charge in [0.15, 0.2) is 0 Å². The molecule has 2 atom stereocenters. The lowest BCUT2D eigenvalue weighted by Crippen LogP contribution is -2.31. The van der Waals surface area contributed by atoms with E-state index >= 15 is 0 Å². The van der Waals surface area contributed by atoms with E-state index in [0.29, 0.717) is 18.6 Å². The second-order valence-electron chi connectivity index (χ2n) is 2.56. The molecule has 0 heterocycles. The summed E-state index contributed by atoms with van der Waals surface area (Å²) in [4.78, 5) is 15.5. The second-order valence-corrected chi connectivity index (χ2v) is 3.06. The van der Waals surface area contributed by atoms with Crippen molar-refractivity contribution in [3.63, 3.8) is 0 Å². The van der Waals surface area contributed by atoms with E-state index in [0.717, 1.165) is 0 Å². The molecular formula is C7H14ClN2O3P. The maximum atomic E-state index is 10.9. The highest BCUT2D eigenvalue weighted by Gasteiger charge is 2.14. The molecule has 0 aliphatic rings. The number of carbonyl (C=O) groups excluding carboxylic acids is 1. The number of alkyl halides is 1. The highest BCUT2D eigenvalue weighted by molar-refractivity contribution is 7.10. The van der Waals surface area contributed by atoms with E-state index in [-0.39, 0.29) is 5.88 Å². The van der Waals surface area contributed by atoms with E-state index in [4.69, 9.17) is 17.3 Å². The van der Waals surface area contributed by atoms with Crippen molar-refractivity contribution in [2.24, 2.45) is 10.9 Å². The molecule has 7 heteroatoms. The summed E-state index contributed by atoms with van der Waals surface area (Å²) in [5.41, 5.74) is 6.15. The molecule has 0 rings (SSSR count). The summed E-state index contributed by atoms with van der Waals surface area (Å²) in [6.07, 6.45) is 0.945. The zero-order valence-corrected chi connectivity index (χ0v) is 9.81. The summed E-state index contributed by atoms with van der Waals surface area (Å²) >= 11 is 5.57. The minimum Gasteiger partial charge on any atom is -0.450 e. The van der Waals surface area contributed by atoms with Gasteiger partial charge < -0.3 is 15.1 Å². The van der Waals surface area contributed by atoms with Crippen LogP contribution in [0.3, 0.4) is 0 Å². The molecule has 0 spiro atoms. The third-order valence-corrected chi connectivity index (χ3v) is 2.08. The van der Waals surface area contributed by atoms with E-state index in [2.05, 4.69) is 14.5 Å². The molecule has 0 fully saturated rings. The number of nitrogens with two attached hydrogens (primary N) is 1. The smallest absolute Gasteiger partial charge is 0.325 e. The topological polar surface area (TPSA) is 73.9 Å². The lowest BCUT2D eigenvalue weighted by atomic mass is 10.1. The molecule has 0 aliphatic carbocycles. The largest absolute Gasteiger partial charge is 0.450 e. The summed E-state index contributed by atoms with van der Waals surface area (Å²) < 4.78 is 4.39. The molecule has 1 unspecified atom stereocenters. The van der Waals surface area contributed by atoms with Gasteiger partial charge in [0, 0.05) is 0 Å². The van der Waals surface area contributed by atoms with E-state index in [1.807, 2.05) is 9.47 Å². The van der Waals surface area contributed by atoms with Crippen LogP contribution in [0.2, 0.25) is 0 Å². The fourth-order valence-corrected chi connectivity index (χ4v) is 1.15. The van der Waals surface area contributed by atoms with Crippen molar-refractivity contribution in [2.75, 3.05) is 13.0 Å². The Morgan fingerprint density at radius 1 is 1.71 bits per heavy atom. The van der Waals surface area contributed by atoms with E-state index < -0.39 is 12.0 Å². The van der Waals surface area contributed by atoms with Gasteiger partial charge in [-0.25, -0.2) is 0 Å². The van der Waals surface area contributed by atoms with Gasteiger partial charge in [-0.2, -0.15) is 0 Å². The third kappa shape index (κ3) is 5.37. The molecule has 0 bridgehead atoms. The summed E-state index contributed by atoms with van der Waals surface area (Å²) in [5.74, 6) is -0.211. The molecule has 0 aromatic heterocycles. The highest BCUT2D eigenvalue weighted by Crippen LogP contribution is 2.03. The number of nitrogens with zero attached hydrogens (tertiary/aromatic N) is 1. The first-order valence-corrected chi connectivity index (χ1v) is 4.97. The molecule has 0 saturated heterocycles. The summed E-state index contributed by atoms with van der Waals surface area (Å²) in [7, 11) is 3.29. The third-order valence-electron chi connectivity index (χ3n) is 1.54. The van der Waals surface area contributed by atoms with Crippen molar-refractivity contribution in [1.82, 2.24) is 0 Å². The average molecular weight is 241 g/mol. The summed E-state index contributed by atoms with van der Waals surface area (Å²) in [6, 6.07) is -0.655. The molecule has 2 N–H and O–H groups in total. The first-order valence-electron chi connectivity index (χ1n) is 3.96. The molecule has 5 nitrogen and oxygen atoms in total. The normalized spacial score (nSPS) is 13.6. The molecule has 82 valence electrons. The Morgan fingerprint density at radius 3 is 2.79 bits per heavy atom. The van der Waals surface area contributed by atoms with E-state index in [1.54, 1.807) is 0 Å². The van der Waals surface area contributed by atoms with Crippen molar-refractivity contribution >= 4 is 32.7 Å². The Bertz CT molecular complexity index is 213. The van der Waals surface area contributed by atoms with Gasteiger partial charge in [0.25, 0.3) is 0 Å². The monoisotopic (exact) mass is 240 g/mol. The number of oxime groups is 1. The minimum atomic E-state index is -0.655. The van der Waals surface area contributed by atoms with Crippen LogP contribution in [0.15, 0.2) is 5.16 Å². The van der Waals surface area contributed by atoms with Crippen LogP contribution in [0.1, 0.15) is 12.8 Å². The number of rotatable bonds is 6. The molecule has 0 saturated carbocycles. The maximum absolute atomic E-state index is 10.9. The van der Waals surface area contributed by atoms with Crippen molar-refractivity contribution in [2.45, 2.75) is 18.9 Å². The van der Waals surface area contributed by atoms with Gasteiger partial charge in [0.05, 0.1) is 21.1 Å². The van der Waals surface area contributed by atoms with Gasteiger partial charge in [-0.1, -0.05) is 5.16 Å². The van der Waals surface area contributed by atoms with Crippen LogP contribution in [0, 0.1) is 0 Å². The Kier molecular flexibility index (Phi) is 7.76. The van der Waals surface area contributed by atoms with E-state index in [9.17, 15) is 4.79 Å².